The third-order valence-electron chi connectivity index (χ3n) is 7.31. The first-order chi connectivity index (χ1) is 16.0. The standard InChI is InChI=1S/C32H27N/c1-5-11-21(2)22-16-17-30-26(18-22)27-19-25-24-14-9-10-15-28(24)32(3,4)29(25)20-31(27)33(30)23-12-7-6-8-13-23/h5-20H,1H2,2-4H3. The van der Waals surface area contributed by atoms with Crippen LogP contribution < -0.4 is 0 Å². The Morgan fingerprint density at radius 2 is 1.48 bits per heavy atom. The normalized spacial score (nSPS) is 14.5. The number of hydrogen-bond acceptors (Lipinski definition) is 0. The molecular weight excluding hydrogens is 398 g/mol. The van der Waals surface area contributed by atoms with Crippen molar-refractivity contribution in [2.75, 3.05) is 0 Å². The highest BCUT2D eigenvalue weighted by atomic mass is 15.0. The first-order valence-corrected chi connectivity index (χ1v) is 11.6. The van der Waals surface area contributed by atoms with Gasteiger partial charge in [-0.25, -0.2) is 0 Å². The SMILES string of the molecule is C=CC=C(C)c1ccc2c(c1)c1cc3c(cc1n2-c1ccccc1)C(C)(C)c1ccccc1-3. The lowest BCUT2D eigenvalue weighted by Gasteiger charge is -2.21. The topological polar surface area (TPSA) is 4.93 Å². The Labute approximate surface area is 195 Å². The second-order valence-electron chi connectivity index (χ2n) is 9.57. The average Bonchev–Trinajstić information content (AvgIpc) is 3.27. The Morgan fingerprint density at radius 3 is 2.27 bits per heavy atom. The maximum absolute atomic E-state index is 3.88. The van der Waals surface area contributed by atoms with Crippen LogP contribution in [-0.4, -0.2) is 4.57 Å². The average molecular weight is 426 g/mol. The van der Waals surface area contributed by atoms with E-state index in [0.717, 1.165) is 0 Å². The Morgan fingerprint density at radius 1 is 0.758 bits per heavy atom. The Bertz CT molecular complexity index is 1590. The molecule has 1 heteroatoms. The van der Waals surface area contributed by atoms with Crippen LogP contribution in [0.2, 0.25) is 0 Å². The zero-order valence-corrected chi connectivity index (χ0v) is 19.4. The lowest BCUT2D eigenvalue weighted by Crippen LogP contribution is -2.14. The van der Waals surface area contributed by atoms with Gasteiger partial charge in [0, 0.05) is 21.9 Å². The van der Waals surface area contributed by atoms with Crippen LogP contribution in [0, 0.1) is 0 Å². The summed E-state index contributed by atoms with van der Waals surface area (Å²) in [4.78, 5) is 0. The summed E-state index contributed by atoms with van der Waals surface area (Å²) in [5.74, 6) is 0. The van der Waals surface area contributed by atoms with Gasteiger partial charge in [0.05, 0.1) is 11.0 Å². The van der Waals surface area contributed by atoms with Crippen molar-refractivity contribution in [2.45, 2.75) is 26.2 Å². The molecule has 4 aromatic carbocycles. The number of fused-ring (bicyclic) bond motifs is 6. The summed E-state index contributed by atoms with van der Waals surface area (Å²) in [5, 5.41) is 2.58. The minimum Gasteiger partial charge on any atom is -0.309 e. The number of aromatic nitrogens is 1. The molecule has 0 amide bonds. The smallest absolute Gasteiger partial charge is 0.0544 e. The predicted molar refractivity (Wildman–Crippen MR) is 142 cm³/mol. The van der Waals surface area contributed by atoms with Gasteiger partial charge in [-0.2, -0.15) is 0 Å². The number of rotatable bonds is 3. The van der Waals surface area contributed by atoms with E-state index in [9.17, 15) is 0 Å². The summed E-state index contributed by atoms with van der Waals surface area (Å²) in [7, 11) is 0. The molecule has 0 saturated carbocycles. The van der Waals surface area contributed by atoms with Crippen molar-refractivity contribution < 1.29 is 0 Å². The lowest BCUT2D eigenvalue weighted by molar-refractivity contribution is 0.661. The fourth-order valence-corrected chi connectivity index (χ4v) is 5.59. The van der Waals surface area contributed by atoms with Crippen LogP contribution in [0.25, 0.3) is 44.2 Å². The van der Waals surface area contributed by atoms with Crippen molar-refractivity contribution in [3.63, 3.8) is 0 Å². The lowest BCUT2D eigenvalue weighted by atomic mass is 9.82. The van der Waals surface area contributed by atoms with E-state index in [1.807, 2.05) is 6.08 Å². The summed E-state index contributed by atoms with van der Waals surface area (Å²) in [6.07, 6.45) is 3.94. The molecule has 0 radical (unpaired) electrons. The molecule has 0 spiro atoms. The molecule has 1 nitrogen and oxygen atoms in total. The molecule has 0 N–H and O–H groups in total. The van der Waals surface area contributed by atoms with Gasteiger partial charge in [-0.05, 0) is 76.7 Å². The van der Waals surface area contributed by atoms with E-state index >= 15 is 0 Å². The molecule has 0 fully saturated rings. The molecule has 33 heavy (non-hydrogen) atoms. The number of benzene rings is 4. The molecule has 0 bridgehead atoms. The van der Waals surface area contributed by atoms with Crippen LogP contribution in [-0.2, 0) is 5.41 Å². The zero-order chi connectivity index (χ0) is 22.7. The third kappa shape index (κ3) is 2.79. The maximum Gasteiger partial charge on any atom is 0.0544 e. The monoisotopic (exact) mass is 425 g/mol. The van der Waals surface area contributed by atoms with Crippen molar-refractivity contribution in [2.24, 2.45) is 0 Å². The zero-order valence-electron chi connectivity index (χ0n) is 19.4. The molecule has 0 aliphatic heterocycles. The molecule has 0 unspecified atom stereocenters. The first-order valence-electron chi connectivity index (χ1n) is 11.6. The molecule has 6 rings (SSSR count). The van der Waals surface area contributed by atoms with Gasteiger partial charge in [-0.15, -0.1) is 0 Å². The van der Waals surface area contributed by atoms with E-state index in [-0.39, 0.29) is 5.41 Å². The van der Waals surface area contributed by atoms with Gasteiger partial charge >= 0.3 is 0 Å². The first kappa shape index (κ1) is 19.8. The highest BCUT2D eigenvalue weighted by Crippen LogP contribution is 2.51. The van der Waals surface area contributed by atoms with Crippen LogP contribution in [0.1, 0.15) is 37.5 Å². The highest BCUT2D eigenvalue weighted by Gasteiger charge is 2.36. The predicted octanol–water partition coefficient (Wildman–Crippen LogP) is 8.68. The van der Waals surface area contributed by atoms with Crippen LogP contribution in [0.3, 0.4) is 0 Å². The molecule has 5 aromatic rings. The second-order valence-corrected chi connectivity index (χ2v) is 9.57. The van der Waals surface area contributed by atoms with Crippen molar-refractivity contribution >= 4 is 27.4 Å². The van der Waals surface area contributed by atoms with Crippen LogP contribution in [0.5, 0.6) is 0 Å². The van der Waals surface area contributed by atoms with Gasteiger partial charge in [-0.3, -0.25) is 0 Å². The molecule has 1 heterocycles. The van der Waals surface area contributed by atoms with E-state index in [1.165, 1.54) is 60.9 Å². The quantitative estimate of drug-likeness (QED) is 0.255. The van der Waals surface area contributed by atoms with Gasteiger partial charge < -0.3 is 4.57 Å². The van der Waals surface area contributed by atoms with Crippen LogP contribution in [0.4, 0.5) is 0 Å². The summed E-state index contributed by atoms with van der Waals surface area (Å²) in [5.41, 5.74) is 11.7. The molecule has 0 saturated heterocycles. The van der Waals surface area contributed by atoms with Crippen molar-refractivity contribution in [3.05, 3.63) is 120 Å². The number of nitrogens with zero attached hydrogens (tertiary/aromatic N) is 1. The van der Waals surface area contributed by atoms with Crippen molar-refractivity contribution in [1.29, 1.82) is 0 Å². The molecule has 1 aliphatic carbocycles. The van der Waals surface area contributed by atoms with Gasteiger partial charge in [0.25, 0.3) is 0 Å². The molecular formula is C32H27N. The number of para-hydroxylation sites is 1. The van der Waals surface area contributed by atoms with Crippen LogP contribution >= 0.6 is 0 Å². The summed E-state index contributed by atoms with van der Waals surface area (Å²) in [6.45, 7) is 10.7. The highest BCUT2D eigenvalue weighted by molar-refractivity contribution is 6.12. The van der Waals surface area contributed by atoms with Crippen molar-refractivity contribution in [3.8, 4) is 16.8 Å². The summed E-state index contributed by atoms with van der Waals surface area (Å²) in [6, 6.07) is 31.3. The number of allylic oxidation sites excluding steroid dienone is 3. The van der Waals surface area contributed by atoms with Gasteiger partial charge in [0.2, 0.25) is 0 Å². The van der Waals surface area contributed by atoms with E-state index in [1.54, 1.807) is 0 Å². The van der Waals surface area contributed by atoms with Gasteiger partial charge in [-0.1, -0.05) is 81.1 Å². The Balaban J connectivity index is 1.75. The molecule has 1 aliphatic rings. The molecule has 1 aromatic heterocycles. The Hall–Kier alpha value is -3.84. The van der Waals surface area contributed by atoms with E-state index in [0.29, 0.717) is 0 Å². The largest absolute Gasteiger partial charge is 0.309 e. The van der Waals surface area contributed by atoms with Crippen LogP contribution in [0.15, 0.2) is 104 Å². The van der Waals surface area contributed by atoms with E-state index in [2.05, 4.69) is 123 Å². The van der Waals surface area contributed by atoms with E-state index < -0.39 is 0 Å². The molecule has 160 valence electrons. The minimum absolute atomic E-state index is 0.0213. The Kier molecular flexibility index (Phi) is 4.25. The fourth-order valence-electron chi connectivity index (χ4n) is 5.59. The fraction of sp³-hybridized carbons (Fsp3) is 0.125. The van der Waals surface area contributed by atoms with Crippen molar-refractivity contribution in [1.82, 2.24) is 4.57 Å². The van der Waals surface area contributed by atoms with Gasteiger partial charge in [0.1, 0.15) is 0 Å². The van der Waals surface area contributed by atoms with Gasteiger partial charge in [0.15, 0.2) is 0 Å². The second kappa shape index (κ2) is 7.08. The minimum atomic E-state index is -0.0213. The molecule has 0 atom stereocenters. The van der Waals surface area contributed by atoms with E-state index in [4.69, 9.17) is 0 Å². The maximum atomic E-state index is 3.88. The number of hydrogen-bond donors (Lipinski definition) is 0. The third-order valence-corrected chi connectivity index (χ3v) is 7.31. The summed E-state index contributed by atoms with van der Waals surface area (Å²) < 4.78 is 2.42. The summed E-state index contributed by atoms with van der Waals surface area (Å²) >= 11 is 0.